The van der Waals surface area contributed by atoms with Crippen LogP contribution in [0.2, 0.25) is 5.02 Å². The molecule has 0 aliphatic carbocycles. The molecule has 1 atom stereocenters. The number of ether oxygens (including phenoxy) is 2. The maximum Gasteiger partial charge on any atom is 0.258 e. The highest BCUT2D eigenvalue weighted by atomic mass is 79.9. The first-order valence-corrected chi connectivity index (χ1v) is 14.6. The summed E-state index contributed by atoms with van der Waals surface area (Å²) in [5.74, 6) is 0.650. The van der Waals surface area contributed by atoms with Crippen molar-refractivity contribution < 1.29 is 22.7 Å². The van der Waals surface area contributed by atoms with Crippen molar-refractivity contribution in [2.45, 2.75) is 37.3 Å². The lowest BCUT2D eigenvalue weighted by Crippen LogP contribution is -2.44. The van der Waals surface area contributed by atoms with Gasteiger partial charge >= 0.3 is 0 Å². The van der Waals surface area contributed by atoms with Crippen LogP contribution in [0.15, 0.2) is 81.2 Å². The summed E-state index contributed by atoms with van der Waals surface area (Å²) < 4.78 is 40.0. The lowest BCUT2D eigenvalue weighted by molar-refractivity contribution is -0.124. The van der Waals surface area contributed by atoms with Crippen molar-refractivity contribution >= 4 is 49.7 Å². The molecule has 0 radical (unpaired) electrons. The molecule has 200 valence electrons. The minimum absolute atomic E-state index is 0.0935. The Labute approximate surface area is 235 Å². The summed E-state index contributed by atoms with van der Waals surface area (Å²) in [4.78, 5) is 12.9. The predicted molar refractivity (Wildman–Crippen MR) is 150 cm³/mol. The molecule has 3 aromatic rings. The molecule has 0 bridgehead atoms. The molecule has 0 aromatic heterocycles. The number of hydrogen-bond acceptors (Lipinski definition) is 6. The number of halogens is 2. The summed E-state index contributed by atoms with van der Waals surface area (Å²) in [5, 5.41) is 4.49. The molecule has 1 N–H and O–H groups in total. The van der Waals surface area contributed by atoms with E-state index in [2.05, 4.69) is 26.5 Å². The summed E-state index contributed by atoms with van der Waals surface area (Å²) in [5.41, 5.74) is 4.18. The average molecular weight is 621 g/mol. The molecule has 38 heavy (non-hydrogen) atoms. The van der Waals surface area contributed by atoms with Gasteiger partial charge in [-0.15, -0.1) is 0 Å². The van der Waals surface area contributed by atoms with Crippen molar-refractivity contribution in [2.24, 2.45) is 5.10 Å². The maximum atomic E-state index is 13.1. The third-order valence-electron chi connectivity index (χ3n) is 5.89. The molecule has 1 amide bonds. The number of sulfonamides is 1. The van der Waals surface area contributed by atoms with E-state index in [0.717, 1.165) is 10.0 Å². The summed E-state index contributed by atoms with van der Waals surface area (Å²) in [6, 6.07) is 18.2. The number of benzene rings is 3. The van der Waals surface area contributed by atoms with Gasteiger partial charge in [-0.25, -0.2) is 13.8 Å². The molecule has 1 aliphatic rings. The lowest BCUT2D eigenvalue weighted by atomic mass is 10.2. The number of hydrazone groups is 1. The molecule has 11 heteroatoms. The van der Waals surface area contributed by atoms with Gasteiger partial charge in [0, 0.05) is 16.0 Å². The number of rotatable bonds is 10. The fraction of sp³-hybridized carbons (Fsp3) is 0.259. The number of nitrogens with zero attached hydrogens (tertiary/aromatic N) is 2. The zero-order valence-electron chi connectivity index (χ0n) is 20.6. The third-order valence-corrected chi connectivity index (χ3v) is 8.59. The second-order valence-electron chi connectivity index (χ2n) is 8.52. The first kappa shape index (κ1) is 28.1. The lowest BCUT2D eigenvalue weighted by Gasteiger charge is -2.22. The Morgan fingerprint density at radius 1 is 1.11 bits per heavy atom. The van der Waals surface area contributed by atoms with Crippen molar-refractivity contribution in [3.05, 3.63) is 87.4 Å². The van der Waals surface area contributed by atoms with Crippen LogP contribution in [0.4, 0.5) is 0 Å². The van der Waals surface area contributed by atoms with Crippen LogP contribution in [-0.4, -0.2) is 44.0 Å². The monoisotopic (exact) mass is 619 g/mol. The van der Waals surface area contributed by atoms with Crippen LogP contribution < -0.4 is 14.9 Å². The van der Waals surface area contributed by atoms with Crippen molar-refractivity contribution in [1.82, 2.24) is 9.73 Å². The molecular weight excluding hydrogens is 594 g/mol. The third kappa shape index (κ3) is 6.93. The van der Waals surface area contributed by atoms with E-state index in [1.165, 1.54) is 34.8 Å². The Hall–Kier alpha value is -2.92. The molecule has 1 heterocycles. The molecule has 0 unspecified atom stereocenters. The number of hydrogen-bond donors (Lipinski definition) is 1. The van der Waals surface area contributed by atoms with Gasteiger partial charge in [-0.05, 0) is 85.5 Å². The van der Waals surface area contributed by atoms with Gasteiger partial charge in [0.05, 0.1) is 17.7 Å². The van der Waals surface area contributed by atoms with E-state index in [9.17, 15) is 13.2 Å². The van der Waals surface area contributed by atoms with Gasteiger partial charge in [0.1, 0.15) is 12.6 Å². The fourth-order valence-corrected chi connectivity index (χ4v) is 6.06. The molecule has 0 saturated carbocycles. The van der Waals surface area contributed by atoms with Crippen molar-refractivity contribution in [2.75, 3.05) is 13.2 Å². The minimum Gasteiger partial charge on any atom is -0.490 e. The maximum absolute atomic E-state index is 13.1. The first-order chi connectivity index (χ1) is 18.3. The highest BCUT2D eigenvalue weighted by molar-refractivity contribution is 9.10. The van der Waals surface area contributed by atoms with E-state index in [0.29, 0.717) is 48.1 Å². The van der Waals surface area contributed by atoms with E-state index < -0.39 is 22.0 Å². The highest BCUT2D eigenvalue weighted by Crippen LogP contribution is 2.29. The Bertz CT molecular complexity index is 1400. The number of nitrogens with one attached hydrogen (secondary N) is 1. The second-order valence-corrected chi connectivity index (χ2v) is 11.8. The predicted octanol–water partition coefficient (Wildman–Crippen LogP) is 5.38. The SMILES string of the molecule is CCOc1cc(/C=N\NC(=O)[C@@H]2CCCN2S(=O)(=O)c2ccc(Cl)cc2)ccc1OCc1ccc(Br)cc1. The van der Waals surface area contributed by atoms with Crippen LogP contribution in [0.1, 0.15) is 30.9 Å². The van der Waals surface area contributed by atoms with Crippen LogP contribution in [-0.2, 0) is 21.4 Å². The van der Waals surface area contributed by atoms with Crippen molar-refractivity contribution in [3.8, 4) is 11.5 Å². The van der Waals surface area contributed by atoms with E-state index in [1.807, 2.05) is 31.2 Å². The topological polar surface area (TPSA) is 97.3 Å². The van der Waals surface area contributed by atoms with Gasteiger partial charge in [-0.2, -0.15) is 9.41 Å². The molecule has 1 fully saturated rings. The highest BCUT2D eigenvalue weighted by Gasteiger charge is 2.39. The van der Waals surface area contributed by atoms with Gasteiger partial charge in [-0.1, -0.05) is 39.7 Å². The van der Waals surface area contributed by atoms with Crippen molar-refractivity contribution in [3.63, 3.8) is 0 Å². The smallest absolute Gasteiger partial charge is 0.258 e. The van der Waals surface area contributed by atoms with Crippen LogP contribution in [0, 0.1) is 0 Å². The summed E-state index contributed by atoms with van der Waals surface area (Å²) in [6.07, 6.45) is 2.47. The summed E-state index contributed by atoms with van der Waals surface area (Å²) in [7, 11) is -3.84. The number of amides is 1. The molecule has 3 aromatic carbocycles. The zero-order valence-corrected chi connectivity index (χ0v) is 23.8. The van der Waals surface area contributed by atoms with Crippen LogP contribution in [0.3, 0.4) is 0 Å². The Balaban J connectivity index is 1.40. The molecule has 4 rings (SSSR count). The van der Waals surface area contributed by atoms with E-state index in [-0.39, 0.29) is 11.4 Å². The van der Waals surface area contributed by atoms with E-state index in [1.54, 1.807) is 18.2 Å². The summed E-state index contributed by atoms with van der Waals surface area (Å²) >= 11 is 9.31. The first-order valence-electron chi connectivity index (χ1n) is 12.0. The molecular formula is C27H27BrClN3O5S. The van der Waals surface area contributed by atoms with Gasteiger partial charge in [0.15, 0.2) is 11.5 Å². The minimum atomic E-state index is -3.84. The molecule has 1 aliphatic heterocycles. The molecule has 8 nitrogen and oxygen atoms in total. The van der Waals surface area contributed by atoms with Gasteiger partial charge in [-0.3, -0.25) is 4.79 Å². The van der Waals surface area contributed by atoms with E-state index in [4.69, 9.17) is 21.1 Å². The Morgan fingerprint density at radius 2 is 1.84 bits per heavy atom. The number of carbonyl (C=O) groups is 1. The van der Waals surface area contributed by atoms with Gasteiger partial charge in [0.25, 0.3) is 5.91 Å². The second kappa shape index (κ2) is 12.8. The largest absolute Gasteiger partial charge is 0.490 e. The van der Waals surface area contributed by atoms with Crippen LogP contribution in [0.25, 0.3) is 0 Å². The standard InChI is InChI=1S/C27H27BrClN3O5S/c1-2-36-26-16-20(7-14-25(26)37-18-19-5-8-21(28)9-6-19)17-30-31-27(33)24-4-3-15-32(24)38(34,35)23-12-10-22(29)11-13-23/h5-14,16-17,24H,2-4,15,18H2,1H3,(H,31,33)/b30-17-/t24-/m0/s1. The zero-order chi connectivity index (χ0) is 27.1. The fourth-order valence-electron chi connectivity index (χ4n) is 4.01. The van der Waals surface area contributed by atoms with Crippen molar-refractivity contribution in [1.29, 1.82) is 0 Å². The van der Waals surface area contributed by atoms with Crippen LogP contribution in [0.5, 0.6) is 11.5 Å². The summed E-state index contributed by atoms with van der Waals surface area (Å²) in [6.45, 7) is 2.97. The van der Waals surface area contributed by atoms with Crippen LogP contribution >= 0.6 is 27.5 Å². The molecule has 0 spiro atoms. The Morgan fingerprint density at radius 3 is 2.55 bits per heavy atom. The van der Waals surface area contributed by atoms with Gasteiger partial charge in [0.2, 0.25) is 10.0 Å². The number of carbonyl (C=O) groups excluding carboxylic acids is 1. The van der Waals surface area contributed by atoms with Gasteiger partial charge < -0.3 is 9.47 Å². The Kier molecular flexibility index (Phi) is 9.43. The normalized spacial score (nSPS) is 16.0. The average Bonchev–Trinajstić information content (AvgIpc) is 3.41. The quantitative estimate of drug-likeness (QED) is 0.242. The van der Waals surface area contributed by atoms with E-state index >= 15 is 0 Å². The molecule has 1 saturated heterocycles.